The molecule has 0 fully saturated rings. The molecule has 0 aliphatic carbocycles. The summed E-state index contributed by atoms with van der Waals surface area (Å²) in [5.41, 5.74) is -0.321. The molecule has 88 valence electrons. The molecule has 0 spiro atoms. The lowest BCUT2D eigenvalue weighted by Gasteiger charge is -1.98. The zero-order valence-corrected chi connectivity index (χ0v) is 10.2. The van der Waals surface area contributed by atoms with E-state index in [2.05, 4.69) is 27.8 Å². The van der Waals surface area contributed by atoms with E-state index in [1.165, 1.54) is 12.1 Å². The van der Waals surface area contributed by atoms with E-state index in [1.54, 1.807) is 0 Å². The Labute approximate surface area is 106 Å². The first-order valence-corrected chi connectivity index (χ1v) is 5.75. The third-order valence-electron chi connectivity index (χ3n) is 1.88. The maximum absolute atomic E-state index is 10.8. The van der Waals surface area contributed by atoms with Gasteiger partial charge in [-0.3, -0.25) is 10.1 Å². The molecule has 0 heterocycles. The first kappa shape index (κ1) is 13.2. The van der Waals surface area contributed by atoms with Crippen LogP contribution in [0.15, 0.2) is 18.2 Å². The molecule has 0 aliphatic rings. The second-order valence-corrected chi connectivity index (χ2v) is 3.83. The van der Waals surface area contributed by atoms with Gasteiger partial charge in [-0.05, 0) is 12.1 Å². The van der Waals surface area contributed by atoms with Crippen LogP contribution in [0.5, 0.6) is 0 Å². The van der Waals surface area contributed by atoms with E-state index in [1.807, 2.05) is 0 Å². The second-order valence-electron chi connectivity index (χ2n) is 3.03. The summed E-state index contributed by atoms with van der Waals surface area (Å²) in [7, 11) is 0. The Balaban J connectivity index is 3.16. The summed E-state index contributed by atoms with van der Waals surface area (Å²) in [6, 6.07) is 3.80. The number of aromatic carboxylic acids is 1. The maximum atomic E-state index is 10.8. The lowest BCUT2D eigenvalue weighted by molar-refractivity contribution is -0.385. The minimum Gasteiger partial charge on any atom is -0.477 e. The van der Waals surface area contributed by atoms with Gasteiger partial charge in [-0.15, -0.1) is 0 Å². The molecule has 0 unspecified atom stereocenters. The number of hydrogen-bond donors (Lipinski definition) is 1. The third kappa shape index (κ3) is 3.57. The van der Waals surface area contributed by atoms with Gasteiger partial charge in [0.05, 0.1) is 4.92 Å². The fraction of sp³-hybridized carbons (Fsp3) is 0.182. The van der Waals surface area contributed by atoms with Gasteiger partial charge in [-0.25, -0.2) is 4.79 Å². The second kappa shape index (κ2) is 6.01. The summed E-state index contributed by atoms with van der Waals surface area (Å²) >= 11 is 3.21. The van der Waals surface area contributed by atoms with E-state index in [0.717, 1.165) is 11.4 Å². The number of nitrogens with zero attached hydrogens (tertiary/aromatic N) is 1. The minimum atomic E-state index is -1.33. The molecule has 0 atom stereocenters. The van der Waals surface area contributed by atoms with Crippen LogP contribution in [-0.4, -0.2) is 21.3 Å². The van der Waals surface area contributed by atoms with E-state index < -0.39 is 16.6 Å². The highest BCUT2D eigenvalue weighted by Crippen LogP contribution is 2.19. The van der Waals surface area contributed by atoms with Crippen LogP contribution in [0, 0.1) is 22.0 Å². The lowest BCUT2D eigenvalue weighted by Crippen LogP contribution is -2.02. The number of benzene rings is 1. The van der Waals surface area contributed by atoms with Gasteiger partial charge in [0.2, 0.25) is 0 Å². The van der Waals surface area contributed by atoms with Crippen LogP contribution in [0.25, 0.3) is 0 Å². The van der Waals surface area contributed by atoms with Crippen LogP contribution in [0.4, 0.5) is 5.69 Å². The first-order chi connectivity index (χ1) is 8.06. The van der Waals surface area contributed by atoms with Gasteiger partial charge in [0.1, 0.15) is 5.56 Å². The molecule has 0 aliphatic heterocycles. The monoisotopic (exact) mass is 297 g/mol. The number of nitro groups is 1. The summed E-state index contributed by atoms with van der Waals surface area (Å²) in [5, 5.41) is 20.2. The van der Waals surface area contributed by atoms with Crippen molar-refractivity contribution >= 4 is 27.6 Å². The Kier molecular flexibility index (Phi) is 4.67. The number of carboxylic acids is 1. The Hall–Kier alpha value is -1.87. The summed E-state index contributed by atoms with van der Waals surface area (Å²) in [6.45, 7) is 0. The zero-order valence-electron chi connectivity index (χ0n) is 8.64. The molecule has 0 saturated heterocycles. The molecule has 6 heteroatoms. The van der Waals surface area contributed by atoms with Gasteiger partial charge in [0.25, 0.3) is 5.69 Å². The molecule has 1 aromatic rings. The van der Waals surface area contributed by atoms with Gasteiger partial charge >= 0.3 is 5.97 Å². The number of carboxylic acid groups (broad SMARTS) is 1. The number of alkyl halides is 1. The lowest BCUT2D eigenvalue weighted by atomic mass is 10.1. The van der Waals surface area contributed by atoms with Gasteiger partial charge in [0.15, 0.2) is 0 Å². The number of hydrogen-bond acceptors (Lipinski definition) is 3. The van der Waals surface area contributed by atoms with Crippen molar-refractivity contribution in [1.82, 2.24) is 0 Å². The fourth-order valence-electron chi connectivity index (χ4n) is 1.16. The van der Waals surface area contributed by atoms with Crippen LogP contribution < -0.4 is 0 Å². The van der Waals surface area contributed by atoms with Gasteiger partial charge in [-0.2, -0.15) is 0 Å². The van der Waals surface area contributed by atoms with E-state index in [-0.39, 0.29) is 5.56 Å². The molecule has 0 amide bonds. The van der Waals surface area contributed by atoms with Crippen LogP contribution in [0.2, 0.25) is 0 Å². The van der Waals surface area contributed by atoms with Crippen molar-refractivity contribution in [3.05, 3.63) is 39.4 Å². The normalized spacial score (nSPS) is 9.24. The molecular formula is C11H8BrNO4. The smallest absolute Gasteiger partial charge is 0.342 e. The molecule has 1 N–H and O–H groups in total. The van der Waals surface area contributed by atoms with Crippen molar-refractivity contribution < 1.29 is 14.8 Å². The van der Waals surface area contributed by atoms with Crippen LogP contribution in [0.3, 0.4) is 0 Å². The maximum Gasteiger partial charge on any atom is 0.342 e. The average Bonchev–Trinajstić information content (AvgIpc) is 2.29. The fourth-order valence-corrected chi connectivity index (χ4v) is 1.35. The molecule has 0 aromatic heterocycles. The van der Waals surface area contributed by atoms with Gasteiger partial charge in [-0.1, -0.05) is 27.8 Å². The molecule has 0 radical (unpaired) electrons. The van der Waals surface area contributed by atoms with Crippen molar-refractivity contribution in [2.75, 3.05) is 5.33 Å². The largest absolute Gasteiger partial charge is 0.477 e. The summed E-state index contributed by atoms with van der Waals surface area (Å²) in [6.07, 6.45) is 0.624. The number of carbonyl (C=O) groups is 1. The molecular weight excluding hydrogens is 290 g/mol. The summed E-state index contributed by atoms with van der Waals surface area (Å²) in [4.78, 5) is 20.7. The van der Waals surface area contributed by atoms with E-state index >= 15 is 0 Å². The molecule has 17 heavy (non-hydrogen) atoms. The SMILES string of the molecule is O=C(O)c1cc(C#CCCBr)ccc1[N+](=O)[O-]. The van der Waals surface area contributed by atoms with Gasteiger partial charge in [0, 0.05) is 23.4 Å². The van der Waals surface area contributed by atoms with Crippen molar-refractivity contribution in [2.45, 2.75) is 6.42 Å². The van der Waals surface area contributed by atoms with Crippen molar-refractivity contribution in [2.24, 2.45) is 0 Å². The Bertz CT molecular complexity index is 516. The third-order valence-corrected chi connectivity index (χ3v) is 2.27. The standard InChI is InChI=1S/C11H8BrNO4/c12-6-2-1-3-8-4-5-10(13(16)17)9(7-8)11(14)15/h4-5,7H,2,6H2,(H,14,15). The van der Waals surface area contributed by atoms with E-state index in [9.17, 15) is 14.9 Å². The minimum absolute atomic E-state index is 0.347. The molecule has 0 bridgehead atoms. The van der Waals surface area contributed by atoms with Crippen LogP contribution >= 0.6 is 15.9 Å². The molecule has 1 aromatic carbocycles. The number of nitro benzene ring substituents is 1. The van der Waals surface area contributed by atoms with E-state index in [4.69, 9.17) is 5.11 Å². The average molecular weight is 298 g/mol. The molecule has 5 nitrogen and oxygen atoms in total. The Morgan fingerprint density at radius 1 is 1.53 bits per heavy atom. The van der Waals surface area contributed by atoms with E-state index in [0.29, 0.717) is 12.0 Å². The molecule has 1 rings (SSSR count). The number of halogens is 1. The van der Waals surface area contributed by atoms with Crippen LogP contribution in [0.1, 0.15) is 22.3 Å². The Morgan fingerprint density at radius 3 is 2.76 bits per heavy atom. The topological polar surface area (TPSA) is 80.4 Å². The van der Waals surface area contributed by atoms with Crippen molar-refractivity contribution in [3.63, 3.8) is 0 Å². The highest BCUT2D eigenvalue weighted by molar-refractivity contribution is 9.09. The van der Waals surface area contributed by atoms with Gasteiger partial charge < -0.3 is 5.11 Å². The van der Waals surface area contributed by atoms with Crippen molar-refractivity contribution in [1.29, 1.82) is 0 Å². The zero-order chi connectivity index (χ0) is 12.8. The Morgan fingerprint density at radius 2 is 2.24 bits per heavy atom. The molecule has 0 saturated carbocycles. The quantitative estimate of drug-likeness (QED) is 0.402. The summed E-state index contributed by atoms with van der Waals surface area (Å²) < 4.78 is 0. The predicted octanol–water partition coefficient (Wildman–Crippen LogP) is 2.43. The first-order valence-electron chi connectivity index (χ1n) is 4.63. The highest BCUT2D eigenvalue weighted by atomic mass is 79.9. The summed E-state index contributed by atoms with van der Waals surface area (Å²) in [5.74, 6) is 4.22. The predicted molar refractivity (Wildman–Crippen MR) is 65.3 cm³/mol. The highest BCUT2D eigenvalue weighted by Gasteiger charge is 2.19. The van der Waals surface area contributed by atoms with Crippen LogP contribution in [-0.2, 0) is 0 Å². The van der Waals surface area contributed by atoms with Crippen molar-refractivity contribution in [3.8, 4) is 11.8 Å². The number of rotatable bonds is 3.